The third kappa shape index (κ3) is 3.08. The molecule has 5 rings (SSSR count). The van der Waals surface area contributed by atoms with Crippen molar-refractivity contribution in [3.63, 3.8) is 0 Å². The fourth-order valence-electron chi connectivity index (χ4n) is 4.24. The highest BCUT2D eigenvalue weighted by atomic mass is 16.5. The number of rotatable bonds is 5. The third-order valence-electron chi connectivity index (χ3n) is 5.83. The van der Waals surface area contributed by atoms with E-state index in [1.165, 1.54) is 28.7 Å². The monoisotopic (exact) mass is 375 g/mol. The van der Waals surface area contributed by atoms with Gasteiger partial charge in [0, 0.05) is 38.1 Å². The summed E-state index contributed by atoms with van der Waals surface area (Å²) in [5.41, 5.74) is 3.13. The highest BCUT2D eigenvalue weighted by Gasteiger charge is 2.55. The largest absolute Gasteiger partial charge is 0.340 e. The molecule has 3 N–H and O–H groups in total. The van der Waals surface area contributed by atoms with Gasteiger partial charge in [-0.25, -0.2) is 15.4 Å². The van der Waals surface area contributed by atoms with E-state index in [1.807, 2.05) is 0 Å². The van der Waals surface area contributed by atoms with Gasteiger partial charge in [0.05, 0.1) is 5.56 Å². The SMILES string of the molecule is O=C(NO)c1cnc(N2C[C@@H]3C(NCc4ccc5ccccc5c4)[C@@H]3C2)nc1. The molecule has 2 heterocycles. The van der Waals surface area contributed by atoms with Gasteiger partial charge < -0.3 is 10.2 Å². The van der Waals surface area contributed by atoms with Crippen LogP contribution in [0.25, 0.3) is 10.8 Å². The lowest BCUT2D eigenvalue weighted by molar-refractivity contribution is 0.0705. The number of piperidine rings is 1. The van der Waals surface area contributed by atoms with Gasteiger partial charge in [0.1, 0.15) is 0 Å². The number of nitrogens with zero attached hydrogens (tertiary/aromatic N) is 3. The Morgan fingerprint density at radius 1 is 1.07 bits per heavy atom. The molecular formula is C21H21N5O2. The van der Waals surface area contributed by atoms with Gasteiger partial charge in [0.15, 0.2) is 0 Å². The van der Waals surface area contributed by atoms with Crippen LogP contribution in [0.2, 0.25) is 0 Å². The van der Waals surface area contributed by atoms with E-state index in [1.54, 1.807) is 5.48 Å². The number of carbonyl (C=O) groups excluding carboxylic acids is 1. The summed E-state index contributed by atoms with van der Waals surface area (Å²) >= 11 is 0. The average molecular weight is 375 g/mol. The molecule has 1 unspecified atom stereocenters. The van der Waals surface area contributed by atoms with E-state index in [9.17, 15) is 4.79 Å². The fraction of sp³-hybridized carbons (Fsp3) is 0.286. The van der Waals surface area contributed by atoms with Crippen LogP contribution < -0.4 is 15.7 Å². The van der Waals surface area contributed by atoms with Gasteiger partial charge in [0.2, 0.25) is 5.95 Å². The molecule has 3 atom stereocenters. The number of nitrogens with one attached hydrogen (secondary N) is 2. The Balaban J connectivity index is 1.16. The molecule has 1 saturated heterocycles. The molecule has 7 heteroatoms. The Bertz CT molecular complexity index is 1010. The van der Waals surface area contributed by atoms with Crippen molar-refractivity contribution in [2.75, 3.05) is 18.0 Å². The normalized spacial score (nSPS) is 22.9. The second-order valence-corrected chi connectivity index (χ2v) is 7.53. The van der Waals surface area contributed by atoms with E-state index in [2.05, 4.69) is 62.6 Å². The van der Waals surface area contributed by atoms with E-state index in [0.29, 0.717) is 23.8 Å². The van der Waals surface area contributed by atoms with Crippen LogP contribution in [0, 0.1) is 11.8 Å². The standard InChI is InChI=1S/C21H21N5O2/c27-20(25-28)16-9-23-21(24-10-16)26-11-17-18(12-26)19(17)22-8-13-5-6-14-3-1-2-4-15(14)7-13/h1-7,9-10,17-19,22,28H,8,11-12H2,(H,25,27)/t17-,18+,19?. The Labute approximate surface area is 162 Å². The topological polar surface area (TPSA) is 90.4 Å². The fourth-order valence-corrected chi connectivity index (χ4v) is 4.24. The maximum atomic E-state index is 11.3. The molecule has 1 aliphatic heterocycles. The van der Waals surface area contributed by atoms with Gasteiger partial charge >= 0.3 is 0 Å². The lowest BCUT2D eigenvalue weighted by atomic mass is 10.1. The molecule has 0 bridgehead atoms. The van der Waals surface area contributed by atoms with Gasteiger partial charge in [-0.1, -0.05) is 36.4 Å². The number of hydrogen-bond donors (Lipinski definition) is 3. The zero-order valence-electron chi connectivity index (χ0n) is 15.2. The zero-order chi connectivity index (χ0) is 19.1. The molecular weight excluding hydrogens is 354 g/mol. The summed E-state index contributed by atoms with van der Waals surface area (Å²) in [5, 5.41) is 14.9. The molecule has 0 radical (unpaired) electrons. The van der Waals surface area contributed by atoms with Crippen molar-refractivity contribution < 1.29 is 10.0 Å². The van der Waals surface area contributed by atoms with Crippen molar-refractivity contribution in [2.24, 2.45) is 11.8 Å². The van der Waals surface area contributed by atoms with Crippen LogP contribution in [0.15, 0.2) is 54.9 Å². The molecule has 1 amide bonds. The summed E-state index contributed by atoms with van der Waals surface area (Å²) < 4.78 is 0. The maximum Gasteiger partial charge on any atom is 0.277 e. The van der Waals surface area contributed by atoms with Gasteiger partial charge in [0.25, 0.3) is 5.91 Å². The molecule has 142 valence electrons. The second kappa shape index (κ2) is 6.85. The maximum absolute atomic E-state index is 11.3. The first kappa shape index (κ1) is 17.1. The number of carbonyl (C=O) groups is 1. The Morgan fingerprint density at radius 2 is 1.79 bits per heavy atom. The number of fused-ring (bicyclic) bond motifs is 2. The van der Waals surface area contributed by atoms with E-state index >= 15 is 0 Å². The van der Waals surface area contributed by atoms with Crippen molar-refractivity contribution in [1.82, 2.24) is 20.8 Å². The predicted octanol–water partition coefficient (Wildman–Crippen LogP) is 1.97. The Kier molecular flexibility index (Phi) is 4.18. The molecule has 1 aromatic heterocycles. The first-order chi connectivity index (χ1) is 13.7. The van der Waals surface area contributed by atoms with Crippen molar-refractivity contribution >= 4 is 22.6 Å². The van der Waals surface area contributed by atoms with Crippen molar-refractivity contribution in [2.45, 2.75) is 12.6 Å². The van der Waals surface area contributed by atoms with Crippen LogP contribution in [0.4, 0.5) is 5.95 Å². The molecule has 2 fully saturated rings. The number of amides is 1. The quantitative estimate of drug-likeness (QED) is 0.467. The van der Waals surface area contributed by atoms with Crippen molar-refractivity contribution in [1.29, 1.82) is 0 Å². The minimum Gasteiger partial charge on any atom is -0.340 e. The van der Waals surface area contributed by atoms with Crippen LogP contribution in [0.3, 0.4) is 0 Å². The number of aromatic nitrogens is 2. The summed E-state index contributed by atoms with van der Waals surface area (Å²) in [5.74, 6) is 1.26. The smallest absolute Gasteiger partial charge is 0.277 e. The highest BCUT2D eigenvalue weighted by molar-refractivity contribution is 5.92. The van der Waals surface area contributed by atoms with Crippen molar-refractivity contribution in [3.05, 3.63) is 66.0 Å². The highest BCUT2D eigenvalue weighted by Crippen LogP contribution is 2.46. The van der Waals surface area contributed by atoms with Crippen LogP contribution in [-0.2, 0) is 6.54 Å². The summed E-state index contributed by atoms with van der Waals surface area (Å²) in [6.07, 6.45) is 2.88. The first-order valence-electron chi connectivity index (χ1n) is 9.45. The van der Waals surface area contributed by atoms with Gasteiger partial charge in [-0.05, 0) is 34.2 Å². The molecule has 1 aliphatic carbocycles. The lowest BCUT2D eigenvalue weighted by Gasteiger charge is -2.20. The third-order valence-corrected chi connectivity index (χ3v) is 5.83. The summed E-state index contributed by atoms with van der Waals surface area (Å²) in [6, 6.07) is 15.6. The zero-order valence-corrected chi connectivity index (χ0v) is 15.2. The minimum absolute atomic E-state index is 0.241. The number of benzene rings is 2. The van der Waals surface area contributed by atoms with Crippen LogP contribution >= 0.6 is 0 Å². The van der Waals surface area contributed by atoms with Gasteiger partial charge in [-0.2, -0.15) is 0 Å². The van der Waals surface area contributed by atoms with E-state index < -0.39 is 5.91 Å². The van der Waals surface area contributed by atoms with Crippen LogP contribution in [0.1, 0.15) is 15.9 Å². The Morgan fingerprint density at radius 3 is 2.50 bits per heavy atom. The average Bonchev–Trinajstić information content (AvgIpc) is 3.20. The molecule has 28 heavy (non-hydrogen) atoms. The second-order valence-electron chi connectivity index (χ2n) is 7.53. The summed E-state index contributed by atoms with van der Waals surface area (Å²) in [7, 11) is 0. The van der Waals surface area contributed by atoms with Gasteiger partial charge in [-0.3, -0.25) is 10.0 Å². The number of anilines is 1. The Hall–Kier alpha value is -3.03. The predicted molar refractivity (Wildman–Crippen MR) is 105 cm³/mol. The van der Waals surface area contributed by atoms with E-state index in [-0.39, 0.29) is 5.56 Å². The van der Waals surface area contributed by atoms with Crippen molar-refractivity contribution in [3.8, 4) is 0 Å². The summed E-state index contributed by atoms with van der Waals surface area (Å²) in [6.45, 7) is 2.72. The molecule has 0 spiro atoms. The first-order valence-corrected chi connectivity index (χ1v) is 9.45. The van der Waals surface area contributed by atoms with Crippen LogP contribution in [0.5, 0.6) is 0 Å². The number of hydrogen-bond acceptors (Lipinski definition) is 6. The molecule has 2 aliphatic rings. The summed E-state index contributed by atoms with van der Waals surface area (Å²) in [4.78, 5) is 22.0. The minimum atomic E-state index is -0.603. The van der Waals surface area contributed by atoms with Gasteiger partial charge in [-0.15, -0.1) is 0 Å². The molecule has 1 saturated carbocycles. The lowest BCUT2D eigenvalue weighted by Crippen LogP contribution is -2.32. The van der Waals surface area contributed by atoms with E-state index in [4.69, 9.17) is 5.21 Å². The van der Waals surface area contributed by atoms with Crippen LogP contribution in [-0.4, -0.2) is 40.2 Å². The number of hydroxylamine groups is 1. The molecule has 3 aromatic rings. The molecule has 2 aromatic carbocycles. The van der Waals surface area contributed by atoms with E-state index in [0.717, 1.165) is 19.6 Å². The molecule has 7 nitrogen and oxygen atoms in total.